The minimum Gasteiger partial charge on any atom is -0.493 e. The van der Waals surface area contributed by atoms with Crippen LogP contribution < -0.4 is 20.1 Å². The zero-order chi connectivity index (χ0) is 20.1. The van der Waals surface area contributed by atoms with Crippen LogP contribution in [0, 0.1) is 0 Å². The van der Waals surface area contributed by atoms with Gasteiger partial charge in [-0.15, -0.1) is 0 Å². The molecular weight excluding hydrogens is 348 g/mol. The number of methoxy groups -OCH3 is 1. The molecule has 2 amide bonds. The third kappa shape index (κ3) is 4.93. The number of urea groups is 1. The summed E-state index contributed by atoms with van der Waals surface area (Å²) in [6, 6.07) is 4.35. The maximum atomic E-state index is 12.7. The van der Waals surface area contributed by atoms with Crippen molar-refractivity contribution in [1.82, 2.24) is 10.6 Å². The molecule has 1 aliphatic rings. The fourth-order valence-corrected chi connectivity index (χ4v) is 2.88. The third-order valence-corrected chi connectivity index (χ3v) is 3.95. The summed E-state index contributed by atoms with van der Waals surface area (Å²) in [4.78, 5) is 24.9. The van der Waals surface area contributed by atoms with Crippen molar-refractivity contribution in [2.24, 2.45) is 0 Å². The van der Waals surface area contributed by atoms with Gasteiger partial charge in [0.2, 0.25) is 0 Å². The molecule has 0 fully saturated rings. The van der Waals surface area contributed by atoms with Crippen LogP contribution in [0.25, 0.3) is 0 Å². The van der Waals surface area contributed by atoms with Crippen LogP contribution in [0.5, 0.6) is 11.5 Å². The summed E-state index contributed by atoms with van der Waals surface area (Å²) >= 11 is 0. The quantitative estimate of drug-likeness (QED) is 0.712. The summed E-state index contributed by atoms with van der Waals surface area (Å²) in [5.41, 5.74) is 1.66. The predicted octanol–water partition coefficient (Wildman–Crippen LogP) is 3.45. The molecule has 0 aliphatic carbocycles. The summed E-state index contributed by atoms with van der Waals surface area (Å²) in [7, 11) is 1.56. The Bertz CT molecular complexity index is 740. The average molecular weight is 376 g/mol. The van der Waals surface area contributed by atoms with Crippen molar-refractivity contribution in [3.8, 4) is 11.5 Å². The molecule has 7 nitrogen and oxygen atoms in total. The molecule has 148 valence electrons. The summed E-state index contributed by atoms with van der Waals surface area (Å²) < 4.78 is 16.6. The van der Waals surface area contributed by atoms with Crippen molar-refractivity contribution >= 4 is 12.0 Å². The molecule has 2 N–H and O–H groups in total. The topological polar surface area (TPSA) is 85.9 Å². The first-order chi connectivity index (χ1) is 12.8. The number of allylic oxidation sites excluding steroid dienone is 1. The van der Waals surface area contributed by atoms with Crippen molar-refractivity contribution in [1.29, 1.82) is 0 Å². The van der Waals surface area contributed by atoms with Crippen LogP contribution in [0.15, 0.2) is 29.5 Å². The van der Waals surface area contributed by atoms with Crippen LogP contribution >= 0.6 is 0 Å². The molecule has 1 unspecified atom stereocenters. The number of ether oxygens (including phenoxy) is 3. The van der Waals surface area contributed by atoms with Crippen molar-refractivity contribution < 1.29 is 23.8 Å². The number of rotatable bonds is 7. The number of esters is 1. The smallest absolute Gasteiger partial charge is 0.338 e. The molecule has 0 spiro atoms. The summed E-state index contributed by atoms with van der Waals surface area (Å²) in [6.07, 6.45) is 0.179. The zero-order valence-electron chi connectivity index (χ0n) is 16.7. The van der Waals surface area contributed by atoms with Gasteiger partial charge in [0.05, 0.1) is 30.9 Å². The molecule has 1 aliphatic heterocycles. The van der Waals surface area contributed by atoms with Crippen LogP contribution in [-0.2, 0) is 9.53 Å². The SMILES string of the molecule is CCC1=C(C(=O)OC(C)C)C(c2ccc(OC)c(OC(C)C)c2)NC(=O)N1. The van der Waals surface area contributed by atoms with Gasteiger partial charge in [-0.25, -0.2) is 9.59 Å². The number of hydrogen-bond donors (Lipinski definition) is 2. The molecule has 27 heavy (non-hydrogen) atoms. The van der Waals surface area contributed by atoms with E-state index in [-0.39, 0.29) is 18.2 Å². The van der Waals surface area contributed by atoms with Gasteiger partial charge in [-0.05, 0) is 51.8 Å². The van der Waals surface area contributed by atoms with Gasteiger partial charge in [-0.2, -0.15) is 0 Å². The number of benzene rings is 1. The Balaban J connectivity index is 2.52. The van der Waals surface area contributed by atoms with E-state index in [9.17, 15) is 9.59 Å². The molecule has 0 radical (unpaired) electrons. The Morgan fingerprint density at radius 1 is 1.15 bits per heavy atom. The van der Waals surface area contributed by atoms with Crippen LogP contribution in [0.4, 0.5) is 4.79 Å². The normalized spacial score (nSPS) is 16.9. The molecule has 1 atom stereocenters. The fraction of sp³-hybridized carbons (Fsp3) is 0.500. The second kappa shape index (κ2) is 8.79. The van der Waals surface area contributed by atoms with Gasteiger partial charge in [-0.1, -0.05) is 13.0 Å². The summed E-state index contributed by atoms with van der Waals surface area (Å²) in [5, 5.41) is 5.53. The second-order valence-corrected chi connectivity index (χ2v) is 6.81. The predicted molar refractivity (Wildman–Crippen MR) is 102 cm³/mol. The van der Waals surface area contributed by atoms with E-state index in [0.717, 1.165) is 0 Å². The minimum absolute atomic E-state index is 0.0520. The standard InChI is InChI=1S/C20H28N2O5/c1-7-14-17(19(23)27-12(4)5)18(22-20(24)21-14)13-8-9-15(25-6)16(10-13)26-11(2)3/h8-12,18H,7H2,1-6H3,(H2,21,22,24). The van der Waals surface area contributed by atoms with E-state index in [2.05, 4.69) is 10.6 Å². The molecule has 0 aromatic heterocycles. The Kier molecular flexibility index (Phi) is 6.71. The lowest BCUT2D eigenvalue weighted by Gasteiger charge is -2.30. The highest BCUT2D eigenvalue weighted by atomic mass is 16.5. The molecule has 0 saturated heterocycles. The van der Waals surface area contributed by atoms with Gasteiger partial charge in [0.25, 0.3) is 0 Å². The van der Waals surface area contributed by atoms with Crippen molar-refractivity contribution in [2.75, 3.05) is 7.11 Å². The lowest BCUT2D eigenvalue weighted by molar-refractivity contribution is -0.143. The zero-order valence-corrected chi connectivity index (χ0v) is 16.7. The van der Waals surface area contributed by atoms with Gasteiger partial charge in [0, 0.05) is 5.70 Å². The maximum Gasteiger partial charge on any atom is 0.338 e. The molecule has 1 heterocycles. The third-order valence-electron chi connectivity index (χ3n) is 3.95. The van der Waals surface area contributed by atoms with Gasteiger partial charge in [-0.3, -0.25) is 0 Å². The highest BCUT2D eigenvalue weighted by Gasteiger charge is 2.34. The first-order valence-corrected chi connectivity index (χ1v) is 9.12. The molecule has 0 saturated carbocycles. The van der Waals surface area contributed by atoms with E-state index in [1.807, 2.05) is 20.8 Å². The largest absolute Gasteiger partial charge is 0.493 e. The highest BCUT2D eigenvalue weighted by Crippen LogP contribution is 2.35. The van der Waals surface area contributed by atoms with E-state index >= 15 is 0 Å². The van der Waals surface area contributed by atoms with E-state index in [1.54, 1.807) is 39.2 Å². The highest BCUT2D eigenvalue weighted by molar-refractivity contribution is 5.95. The monoisotopic (exact) mass is 376 g/mol. The number of hydrogen-bond acceptors (Lipinski definition) is 5. The van der Waals surface area contributed by atoms with Crippen LogP contribution in [0.1, 0.15) is 52.6 Å². The molecule has 0 bridgehead atoms. The minimum atomic E-state index is -0.639. The van der Waals surface area contributed by atoms with Crippen LogP contribution in [0.3, 0.4) is 0 Å². The average Bonchev–Trinajstić information content (AvgIpc) is 2.59. The van der Waals surface area contributed by atoms with Gasteiger partial charge in [0.15, 0.2) is 11.5 Å². The Morgan fingerprint density at radius 2 is 1.85 bits per heavy atom. The summed E-state index contributed by atoms with van der Waals surface area (Å²) in [6.45, 7) is 9.28. The lowest BCUT2D eigenvalue weighted by atomic mass is 9.94. The van der Waals surface area contributed by atoms with E-state index in [4.69, 9.17) is 14.2 Å². The van der Waals surface area contributed by atoms with Crippen LogP contribution in [0.2, 0.25) is 0 Å². The maximum absolute atomic E-state index is 12.7. The van der Waals surface area contributed by atoms with E-state index < -0.39 is 12.0 Å². The molecule has 7 heteroatoms. The first kappa shape index (κ1) is 20.6. The van der Waals surface area contributed by atoms with Crippen molar-refractivity contribution in [3.05, 3.63) is 35.0 Å². The molecule has 1 aromatic rings. The van der Waals surface area contributed by atoms with Gasteiger partial charge < -0.3 is 24.8 Å². The lowest BCUT2D eigenvalue weighted by Crippen LogP contribution is -2.46. The van der Waals surface area contributed by atoms with E-state index in [1.165, 1.54) is 0 Å². The number of nitrogens with one attached hydrogen (secondary N) is 2. The van der Waals surface area contributed by atoms with E-state index in [0.29, 0.717) is 34.8 Å². The van der Waals surface area contributed by atoms with Crippen LogP contribution in [-0.4, -0.2) is 31.3 Å². The molecule has 2 rings (SSSR count). The summed E-state index contributed by atoms with van der Waals surface area (Å²) in [5.74, 6) is 0.674. The van der Waals surface area contributed by atoms with Crippen molar-refractivity contribution in [2.45, 2.75) is 59.3 Å². The molecule has 1 aromatic carbocycles. The van der Waals surface area contributed by atoms with Crippen molar-refractivity contribution in [3.63, 3.8) is 0 Å². The fourth-order valence-electron chi connectivity index (χ4n) is 2.88. The van der Waals surface area contributed by atoms with Gasteiger partial charge in [0.1, 0.15) is 0 Å². The Labute approximate surface area is 160 Å². The number of carbonyl (C=O) groups excluding carboxylic acids is 2. The Hall–Kier alpha value is -2.70. The van der Waals surface area contributed by atoms with Gasteiger partial charge >= 0.3 is 12.0 Å². The Morgan fingerprint density at radius 3 is 2.41 bits per heavy atom. The number of amides is 2. The second-order valence-electron chi connectivity index (χ2n) is 6.81. The molecular formula is C20H28N2O5. The number of carbonyl (C=O) groups is 2. The first-order valence-electron chi connectivity index (χ1n) is 9.12.